The van der Waals surface area contributed by atoms with Crippen molar-refractivity contribution < 1.29 is 9.21 Å². The highest BCUT2D eigenvalue weighted by Gasteiger charge is 2.14. The molecule has 0 radical (unpaired) electrons. The van der Waals surface area contributed by atoms with Crippen molar-refractivity contribution in [1.82, 2.24) is 14.8 Å². The number of hydrogen-bond donors (Lipinski definition) is 1. The van der Waals surface area contributed by atoms with Crippen molar-refractivity contribution in [2.45, 2.75) is 39.2 Å². The lowest BCUT2D eigenvalue weighted by Gasteiger charge is -2.19. The second kappa shape index (κ2) is 8.60. The van der Waals surface area contributed by atoms with Crippen molar-refractivity contribution in [1.29, 1.82) is 0 Å². The van der Waals surface area contributed by atoms with Gasteiger partial charge in [-0.15, -0.1) is 0 Å². The molecule has 0 saturated heterocycles. The van der Waals surface area contributed by atoms with Crippen molar-refractivity contribution in [3.8, 4) is 11.5 Å². The molecule has 0 saturated carbocycles. The SMILES string of the molecule is CC(C)(C)c1ccc(Cn2nccc2NC(=O)Cc2coc(-c3ccccc3)n2)cc1. The van der Waals surface area contributed by atoms with Crippen molar-refractivity contribution in [3.63, 3.8) is 0 Å². The summed E-state index contributed by atoms with van der Waals surface area (Å²) in [6, 6.07) is 19.9. The molecular formula is C25H26N4O2. The van der Waals surface area contributed by atoms with Gasteiger partial charge in [-0.05, 0) is 28.7 Å². The molecule has 4 rings (SSSR count). The van der Waals surface area contributed by atoms with Gasteiger partial charge < -0.3 is 9.73 Å². The quantitative estimate of drug-likeness (QED) is 0.478. The average Bonchev–Trinajstić information content (AvgIpc) is 3.38. The number of carbonyl (C=O) groups is 1. The molecule has 0 fully saturated rings. The minimum absolute atomic E-state index is 0.116. The Bertz CT molecular complexity index is 1150. The Labute approximate surface area is 181 Å². The van der Waals surface area contributed by atoms with Crippen LogP contribution in [0.2, 0.25) is 0 Å². The van der Waals surface area contributed by atoms with Gasteiger partial charge in [0.05, 0.1) is 24.9 Å². The molecule has 158 valence electrons. The summed E-state index contributed by atoms with van der Waals surface area (Å²) in [6.45, 7) is 7.16. The molecule has 2 aromatic carbocycles. The zero-order chi connectivity index (χ0) is 21.8. The third-order valence-corrected chi connectivity index (χ3v) is 5.05. The number of amides is 1. The fraction of sp³-hybridized carbons (Fsp3) is 0.240. The second-order valence-electron chi connectivity index (χ2n) is 8.56. The molecule has 0 spiro atoms. The monoisotopic (exact) mass is 414 g/mol. The lowest BCUT2D eigenvalue weighted by molar-refractivity contribution is -0.115. The summed E-state index contributed by atoms with van der Waals surface area (Å²) >= 11 is 0. The van der Waals surface area contributed by atoms with Crippen LogP contribution in [0.4, 0.5) is 5.82 Å². The smallest absolute Gasteiger partial charge is 0.231 e. The van der Waals surface area contributed by atoms with E-state index in [2.05, 4.69) is 60.4 Å². The second-order valence-corrected chi connectivity index (χ2v) is 8.56. The standard InChI is InChI=1S/C25H26N4O2/c1-25(2,3)20-11-9-18(10-12-20)16-29-22(13-14-26-29)28-23(30)15-21-17-31-24(27-21)19-7-5-4-6-8-19/h4-14,17H,15-16H2,1-3H3,(H,28,30). The van der Waals surface area contributed by atoms with E-state index in [0.29, 0.717) is 23.9 Å². The largest absolute Gasteiger partial charge is 0.444 e. The lowest BCUT2D eigenvalue weighted by atomic mass is 9.87. The summed E-state index contributed by atoms with van der Waals surface area (Å²) in [6.07, 6.45) is 3.33. The fourth-order valence-corrected chi connectivity index (χ4v) is 3.30. The van der Waals surface area contributed by atoms with Gasteiger partial charge in [0.1, 0.15) is 12.1 Å². The maximum absolute atomic E-state index is 12.6. The van der Waals surface area contributed by atoms with Crippen LogP contribution in [0.25, 0.3) is 11.5 Å². The molecule has 0 aliphatic heterocycles. The minimum Gasteiger partial charge on any atom is -0.444 e. The van der Waals surface area contributed by atoms with Gasteiger partial charge in [-0.2, -0.15) is 5.10 Å². The number of benzene rings is 2. The van der Waals surface area contributed by atoms with Gasteiger partial charge in [0, 0.05) is 11.6 Å². The van der Waals surface area contributed by atoms with Gasteiger partial charge in [0.25, 0.3) is 0 Å². The van der Waals surface area contributed by atoms with Crippen LogP contribution in [-0.2, 0) is 23.2 Å². The third kappa shape index (κ3) is 5.09. The number of hydrogen-bond acceptors (Lipinski definition) is 4. The molecule has 4 aromatic rings. The normalized spacial score (nSPS) is 11.5. The first kappa shape index (κ1) is 20.6. The maximum Gasteiger partial charge on any atom is 0.231 e. The van der Waals surface area contributed by atoms with Crippen LogP contribution >= 0.6 is 0 Å². The molecule has 0 unspecified atom stereocenters. The van der Waals surface area contributed by atoms with Crippen molar-refractivity contribution in [2.24, 2.45) is 0 Å². The molecule has 31 heavy (non-hydrogen) atoms. The molecule has 6 nitrogen and oxygen atoms in total. The third-order valence-electron chi connectivity index (χ3n) is 5.05. The van der Waals surface area contributed by atoms with Crippen LogP contribution in [-0.4, -0.2) is 20.7 Å². The van der Waals surface area contributed by atoms with E-state index in [1.807, 2.05) is 30.3 Å². The summed E-state index contributed by atoms with van der Waals surface area (Å²) in [5, 5.41) is 7.28. The van der Waals surface area contributed by atoms with Crippen molar-refractivity contribution >= 4 is 11.7 Å². The summed E-state index contributed by atoms with van der Waals surface area (Å²) in [4.78, 5) is 17.0. The molecule has 0 aliphatic carbocycles. The first-order valence-electron chi connectivity index (χ1n) is 10.3. The van der Waals surface area contributed by atoms with Gasteiger partial charge in [-0.1, -0.05) is 63.2 Å². The molecule has 1 amide bonds. The molecule has 2 aromatic heterocycles. The number of anilines is 1. The number of rotatable bonds is 6. The maximum atomic E-state index is 12.6. The Kier molecular flexibility index (Phi) is 5.71. The van der Waals surface area contributed by atoms with Crippen LogP contribution in [0.3, 0.4) is 0 Å². The highest BCUT2D eigenvalue weighted by molar-refractivity contribution is 5.91. The Morgan fingerprint density at radius 3 is 2.48 bits per heavy atom. The average molecular weight is 415 g/mol. The van der Waals surface area contributed by atoms with Crippen LogP contribution in [0.15, 0.2) is 77.5 Å². The number of oxazole rings is 1. The molecule has 0 atom stereocenters. The van der Waals surface area contributed by atoms with Gasteiger partial charge in [0.2, 0.25) is 11.8 Å². The number of aromatic nitrogens is 3. The Balaban J connectivity index is 1.39. The van der Waals surface area contributed by atoms with Gasteiger partial charge in [0.15, 0.2) is 0 Å². The molecule has 1 N–H and O–H groups in total. The Hall–Kier alpha value is -3.67. The highest BCUT2D eigenvalue weighted by atomic mass is 16.3. The van der Waals surface area contributed by atoms with E-state index in [0.717, 1.165) is 11.1 Å². The topological polar surface area (TPSA) is 73.0 Å². The molecule has 0 bridgehead atoms. The number of nitrogens with one attached hydrogen (secondary N) is 1. The predicted molar refractivity (Wildman–Crippen MR) is 121 cm³/mol. The zero-order valence-corrected chi connectivity index (χ0v) is 18.0. The first-order valence-corrected chi connectivity index (χ1v) is 10.3. The van der Waals surface area contributed by atoms with Gasteiger partial charge in [-0.25, -0.2) is 9.67 Å². The van der Waals surface area contributed by atoms with Crippen LogP contribution in [0, 0.1) is 0 Å². The highest BCUT2D eigenvalue weighted by Crippen LogP contribution is 2.23. The van der Waals surface area contributed by atoms with E-state index in [9.17, 15) is 4.79 Å². The summed E-state index contributed by atoms with van der Waals surface area (Å²) in [7, 11) is 0. The van der Waals surface area contributed by atoms with E-state index < -0.39 is 0 Å². The Morgan fingerprint density at radius 1 is 1.03 bits per heavy atom. The summed E-state index contributed by atoms with van der Waals surface area (Å²) in [5.74, 6) is 0.988. The number of nitrogens with zero attached hydrogens (tertiary/aromatic N) is 3. The zero-order valence-electron chi connectivity index (χ0n) is 18.0. The first-order chi connectivity index (χ1) is 14.9. The van der Waals surface area contributed by atoms with E-state index in [1.54, 1.807) is 16.9 Å². The van der Waals surface area contributed by atoms with E-state index in [1.165, 1.54) is 11.8 Å². The van der Waals surface area contributed by atoms with Crippen LogP contribution < -0.4 is 5.32 Å². The van der Waals surface area contributed by atoms with Gasteiger partial charge in [-0.3, -0.25) is 4.79 Å². The van der Waals surface area contributed by atoms with Crippen LogP contribution in [0.5, 0.6) is 0 Å². The van der Waals surface area contributed by atoms with Crippen LogP contribution in [0.1, 0.15) is 37.6 Å². The molecule has 6 heteroatoms. The fourth-order valence-electron chi connectivity index (χ4n) is 3.30. The van der Waals surface area contributed by atoms with Crippen molar-refractivity contribution in [3.05, 3.63) is 89.9 Å². The minimum atomic E-state index is -0.169. The molecule has 2 heterocycles. The van der Waals surface area contributed by atoms with E-state index in [4.69, 9.17) is 4.42 Å². The molecule has 0 aliphatic rings. The lowest BCUT2D eigenvalue weighted by Crippen LogP contribution is -2.18. The molecular weight excluding hydrogens is 388 g/mol. The summed E-state index contributed by atoms with van der Waals surface area (Å²) < 4.78 is 7.29. The van der Waals surface area contributed by atoms with E-state index in [-0.39, 0.29) is 17.7 Å². The Morgan fingerprint density at radius 2 is 1.77 bits per heavy atom. The van der Waals surface area contributed by atoms with Crippen molar-refractivity contribution in [2.75, 3.05) is 5.32 Å². The predicted octanol–water partition coefficient (Wildman–Crippen LogP) is 5.07. The van der Waals surface area contributed by atoms with Gasteiger partial charge >= 0.3 is 0 Å². The number of carbonyl (C=O) groups excluding carboxylic acids is 1. The summed E-state index contributed by atoms with van der Waals surface area (Å²) in [5.41, 5.74) is 3.99. The van der Waals surface area contributed by atoms with E-state index >= 15 is 0 Å².